The van der Waals surface area contributed by atoms with Crippen LogP contribution in [0, 0.1) is 12.8 Å². The predicted octanol–water partition coefficient (Wildman–Crippen LogP) is 2.97. The van der Waals surface area contributed by atoms with Gasteiger partial charge in [-0.05, 0) is 37.3 Å². The standard InChI is InChI=1S/C19H18BrN3O3/c1-12-2-5-16(6-3-12)23-11-14(9-18(23)25)19(26)22-21-10-13-8-15(20)4-7-17(13)24/h2-8,10,14,24H,9,11H2,1H3,(H,22,26)/b21-10+/t14-/m1/s1. The lowest BCUT2D eigenvalue weighted by molar-refractivity contribution is -0.126. The molecule has 0 bridgehead atoms. The third-order valence-electron chi connectivity index (χ3n) is 4.21. The highest BCUT2D eigenvalue weighted by Gasteiger charge is 2.35. The fourth-order valence-electron chi connectivity index (χ4n) is 2.74. The summed E-state index contributed by atoms with van der Waals surface area (Å²) in [5.41, 5.74) is 4.82. The van der Waals surface area contributed by atoms with E-state index >= 15 is 0 Å². The van der Waals surface area contributed by atoms with E-state index in [1.165, 1.54) is 12.3 Å². The van der Waals surface area contributed by atoms with E-state index in [0.29, 0.717) is 12.1 Å². The minimum Gasteiger partial charge on any atom is -0.507 e. The Bertz CT molecular complexity index is 865. The number of hydrogen-bond donors (Lipinski definition) is 2. The van der Waals surface area contributed by atoms with E-state index < -0.39 is 5.92 Å². The number of rotatable bonds is 4. The Hall–Kier alpha value is -2.67. The number of carbonyl (C=O) groups excluding carboxylic acids is 2. The average Bonchev–Trinajstić information content (AvgIpc) is 3.00. The molecule has 0 radical (unpaired) electrons. The van der Waals surface area contributed by atoms with Crippen molar-refractivity contribution in [2.24, 2.45) is 11.0 Å². The number of phenols is 1. The van der Waals surface area contributed by atoms with Gasteiger partial charge in [0.15, 0.2) is 0 Å². The van der Waals surface area contributed by atoms with Crippen molar-refractivity contribution in [2.45, 2.75) is 13.3 Å². The first kappa shape index (κ1) is 18.1. The molecule has 2 aromatic rings. The highest BCUT2D eigenvalue weighted by Crippen LogP contribution is 2.25. The predicted molar refractivity (Wildman–Crippen MR) is 103 cm³/mol. The van der Waals surface area contributed by atoms with Crippen molar-refractivity contribution >= 4 is 39.6 Å². The molecule has 2 N–H and O–H groups in total. The first-order chi connectivity index (χ1) is 12.4. The first-order valence-corrected chi connectivity index (χ1v) is 8.92. The Kier molecular flexibility index (Phi) is 5.37. The van der Waals surface area contributed by atoms with Gasteiger partial charge in [-0.1, -0.05) is 33.6 Å². The number of aromatic hydroxyl groups is 1. The van der Waals surface area contributed by atoms with Crippen LogP contribution < -0.4 is 10.3 Å². The molecule has 0 spiro atoms. The number of phenolic OH excluding ortho intramolecular Hbond substituents is 1. The van der Waals surface area contributed by atoms with Crippen LogP contribution in [0.5, 0.6) is 5.75 Å². The van der Waals surface area contributed by atoms with E-state index in [2.05, 4.69) is 26.5 Å². The normalized spacial score (nSPS) is 17.1. The molecule has 7 heteroatoms. The van der Waals surface area contributed by atoms with Crippen molar-refractivity contribution in [1.29, 1.82) is 0 Å². The van der Waals surface area contributed by atoms with Crippen LogP contribution in [0.3, 0.4) is 0 Å². The summed E-state index contributed by atoms with van der Waals surface area (Å²) < 4.78 is 0.790. The van der Waals surface area contributed by atoms with Gasteiger partial charge in [-0.25, -0.2) is 5.43 Å². The maximum Gasteiger partial charge on any atom is 0.245 e. The van der Waals surface area contributed by atoms with Gasteiger partial charge in [0.1, 0.15) is 5.75 Å². The van der Waals surface area contributed by atoms with Crippen molar-refractivity contribution in [3.63, 3.8) is 0 Å². The van der Waals surface area contributed by atoms with Crippen molar-refractivity contribution < 1.29 is 14.7 Å². The van der Waals surface area contributed by atoms with Crippen LogP contribution in [0.1, 0.15) is 17.5 Å². The number of nitrogens with one attached hydrogen (secondary N) is 1. The second-order valence-corrected chi connectivity index (χ2v) is 7.09. The fourth-order valence-corrected chi connectivity index (χ4v) is 3.12. The number of amides is 2. The number of carbonyl (C=O) groups is 2. The van der Waals surface area contributed by atoms with Crippen LogP contribution in [-0.4, -0.2) is 29.7 Å². The molecule has 26 heavy (non-hydrogen) atoms. The molecule has 6 nitrogen and oxygen atoms in total. The highest BCUT2D eigenvalue weighted by molar-refractivity contribution is 9.10. The zero-order chi connectivity index (χ0) is 18.7. The maximum absolute atomic E-state index is 12.3. The minimum absolute atomic E-state index is 0.0628. The number of aryl methyl sites for hydroxylation is 1. The summed E-state index contributed by atoms with van der Waals surface area (Å²) in [6, 6.07) is 12.5. The van der Waals surface area contributed by atoms with Crippen LogP contribution in [-0.2, 0) is 9.59 Å². The molecule has 1 aliphatic heterocycles. The molecular formula is C19H18BrN3O3. The molecular weight excluding hydrogens is 398 g/mol. The molecule has 0 aliphatic carbocycles. The van der Waals surface area contributed by atoms with E-state index in [1.54, 1.807) is 17.0 Å². The third kappa shape index (κ3) is 4.11. The van der Waals surface area contributed by atoms with Gasteiger partial charge in [-0.15, -0.1) is 0 Å². The van der Waals surface area contributed by atoms with Crippen molar-refractivity contribution in [2.75, 3.05) is 11.4 Å². The second-order valence-electron chi connectivity index (χ2n) is 6.18. The number of hydrogen-bond acceptors (Lipinski definition) is 4. The van der Waals surface area contributed by atoms with Gasteiger partial charge in [0.05, 0.1) is 12.1 Å². The topological polar surface area (TPSA) is 82.0 Å². The van der Waals surface area contributed by atoms with E-state index in [0.717, 1.165) is 15.7 Å². The van der Waals surface area contributed by atoms with Crippen LogP contribution in [0.15, 0.2) is 52.0 Å². The van der Waals surface area contributed by atoms with Gasteiger partial charge < -0.3 is 10.0 Å². The zero-order valence-electron chi connectivity index (χ0n) is 14.1. The van der Waals surface area contributed by atoms with Crippen molar-refractivity contribution in [3.8, 4) is 5.75 Å². The number of anilines is 1. The molecule has 0 aromatic heterocycles. The van der Waals surface area contributed by atoms with Crippen molar-refractivity contribution in [3.05, 3.63) is 58.1 Å². The summed E-state index contributed by atoms with van der Waals surface area (Å²) >= 11 is 3.31. The van der Waals surface area contributed by atoms with E-state index in [9.17, 15) is 14.7 Å². The largest absolute Gasteiger partial charge is 0.507 e. The molecule has 1 fully saturated rings. The third-order valence-corrected chi connectivity index (χ3v) is 4.70. The quantitative estimate of drug-likeness (QED) is 0.594. The zero-order valence-corrected chi connectivity index (χ0v) is 15.7. The van der Waals surface area contributed by atoms with Gasteiger partial charge in [0.2, 0.25) is 11.8 Å². The molecule has 1 aliphatic rings. The molecule has 2 amide bonds. The maximum atomic E-state index is 12.3. The fraction of sp³-hybridized carbons (Fsp3) is 0.211. The molecule has 0 saturated carbocycles. The Morgan fingerprint density at radius 3 is 2.77 bits per heavy atom. The first-order valence-electron chi connectivity index (χ1n) is 8.12. The Morgan fingerprint density at radius 1 is 1.31 bits per heavy atom. The Balaban J connectivity index is 1.62. The van der Waals surface area contributed by atoms with Crippen molar-refractivity contribution in [1.82, 2.24) is 5.43 Å². The van der Waals surface area contributed by atoms with Gasteiger partial charge in [0, 0.05) is 28.7 Å². The monoisotopic (exact) mass is 415 g/mol. The average molecular weight is 416 g/mol. The lowest BCUT2D eigenvalue weighted by Gasteiger charge is -2.16. The molecule has 134 valence electrons. The van der Waals surface area contributed by atoms with E-state index in [4.69, 9.17) is 0 Å². The van der Waals surface area contributed by atoms with E-state index in [1.807, 2.05) is 31.2 Å². The minimum atomic E-state index is -0.461. The molecule has 0 unspecified atom stereocenters. The number of hydrazone groups is 1. The van der Waals surface area contributed by atoms with Gasteiger partial charge in [-0.3, -0.25) is 9.59 Å². The number of halogens is 1. The second kappa shape index (κ2) is 7.70. The molecule has 3 rings (SSSR count). The SMILES string of the molecule is Cc1ccc(N2C[C@H](C(=O)N/N=C/c3cc(Br)ccc3O)CC2=O)cc1. The Morgan fingerprint density at radius 2 is 2.04 bits per heavy atom. The lowest BCUT2D eigenvalue weighted by atomic mass is 10.1. The molecule has 1 saturated heterocycles. The summed E-state index contributed by atoms with van der Waals surface area (Å²) in [6.07, 6.45) is 1.52. The van der Waals surface area contributed by atoms with Gasteiger partial charge in [0.25, 0.3) is 0 Å². The van der Waals surface area contributed by atoms with Gasteiger partial charge in [-0.2, -0.15) is 5.10 Å². The highest BCUT2D eigenvalue weighted by atomic mass is 79.9. The van der Waals surface area contributed by atoms with Crippen LogP contribution in [0.25, 0.3) is 0 Å². The molecule has 1 heterocycles. The van der Waals surface area contributed by atoms with E-state index in [-0.39, 0.29) is 24.0 Å². The van der Waals surface area contributed by atoms with Crippen LogP contribution in [0.4, 0.5) is 5.69 Å². The summed E-state index contributed by atoms with van der Waals surface area (Å²) in [7, 11) is 0. The van der Waals surface area contributed by atoms with Crippen LogP contribution >= 0.6 is 15.9 Å². The summed E-state index contributed by atoms with van der Waals surface area (Å²) in [5.74, 6) is -0.800. The summed E-state index contributed by atoms with van der Waals surface area (Å²) in [6.45, 7) is 2.30. The smallest absolute Gasteiger partial charge is 0.245 e. The Labute approximate surface area is 159 Å². The molecule has 1 atom stereocenters. The summed E-state index contributed by atoms with van der Waals surface area (Å²) in [5, 5.41) is 13.6. The lowest BCUT2D eigenvalue weighted by Crippen LogP contribution is -2.30. The van der Waals surface area contributed by atoms with Crippen LogP contribution in [0.2, 0.25) is 0 Å². The number of nitrogens with zero attached hydrogens (tertiary/aromatic N) is 2. The summed E-state index contributed by atoms with van der Waals surface area (Å²) in [4.78, 5) is 26.1. The number of benzene rings is 2. The van der Waals surface area contributed by atoms with Gasteiger partial charge >= 0.3 is 0 Å². The molecule has 2 aromatic carbocycles.